The van der Waals surface area contributed by atoms with E-state index in [9.17, 15) is 22.8 Å². The van der Waals surface area contributed by atoms with Crippen molar-refractivity contribution < 1.29 is 18.0 Å². The summed E-state index contributed by atoms with van der Waals surface area (Å²) in [7, 11) is 3.39. The third kappa shape index (κ3) is 2.66. The molecule has 6 rings (SSSR count). The minimum atomic E-state index is -4.58. The van der Waals surface area contributed by atoms with Gasteiger partial charge in [0.15, 0.2) is 0 Å². The quantitative estimate of drug-likeness (QED) is 0.480. The molecule has 1 fully saturated rings. The van der Waals surface area contributed by atoms with Gasteiger partial charge in [-0.15, -0.1) is 0 Å². The highest BCUT2D eigenvalue weighted by Crippen LogP contribution is 2.66. The van der Waals surface area contributed by atoms with Gasteiger partial charge < -0.3 is 14.5 Å². The Balaban J connectivity index is 1.51. The van der Waals surface area contributed by atoms with Crippen LogP contribution in [0.2, 0.25) is 0 Å². The number of carbonyl (C=O) groups excluding carboxylic acids is 1. The fraction of sp³-hybridized carbons (Fsp3) is 0.240. The van der Waals surface area contributed by atoms with E-state index >= 15 is 0 Å². The van der Waals surface area contributed by atoms with E-state index in [4.69, 9.17) is 0 Å². The number of rotatable bonds is 2. The van der Waals surface area contributed by atoms with E-state index in [0.717, 1.165) is 29.1 Å². The van der Waals surface area contributed by atoms with Crippen LogP contribution in [0.25, 0.3) is 22.2 Å². The highest BCUT2D eigenvalue weighted by molar-refractivity contribution is 6.11. The molecule has 1 aliphatic carbocycles. The van der Waals surface area contributed by atoms with E-state index in [1.807, 2.05) is 24.3 Å². The van der Waals surface area contributed by atoms with Crippen LogP contribution < -0.4 is 10.5 Å². The predicted molar refractivity (Wildman–Crippen MR) is 121 cm³/mol. The number of pyridine rings is 2. The summed E-state index contributed by atoms with van der Waals surface area (Å²) in [6, 6.07) is 11.8. The van der Waals surface area contributed by atoms with Crippen molar-refractivity contribution in [2.24, 2.45) is 7.05 Å². The average molecular weight is 464 g/mol. The number of carbonyl (C=O) groups is 1. The third-order valence-corrected chi connectivity index (χ3v) is 7.13. The van der Waals surface area contributed by atoms with Gasteiger partial charge in [-0.2, -0.15) is 13.2 Å². The molecule has 1 spiro atoms. The summed E-state index contributed by atoms with van der Waals surface area (Å²) in [4.78, 5) is 34.3. The Bertz CT molecular complexity index is 1570. The van der Waals surface area contributed by atoms with Gasteiger partial charge in [0, 0.05) is 54.7 Å². The van der Waals surface area contributed by atoms with E-state index in [1.54, 1.807) is 31.3 Å². The zero-order valence-corrected chi connectivity index (χ0v) is 18.3. The van der Waals surface area contributed by atoms with Crippen LogP contribution in [0.1, 0.15) is 29.2 Å². The number of alkyl halides is 3. The van der Waals surface area contributed by atoms with Gasteiger partial charge in [0.1, 0.15) is 11.2 Å². The first kappa shape index (κ1) is 20.7. The largest absolute Gasteiger partial charge is 0.433 e. The summed E-state index contributed by atoms with van der Waals surface area (Å²) in [5.74, 6) is -0.132. The first-order valence-electron chi connectivity index (χ1n) is 10.8. The second-order valence-corrected chi connectivity index (χ2v) is 9.01. The molecule has 0 unspecified atom stereocenters. The van der Waals surface area contributed by atoms with Crippen molar-refractivity contribution in [2.45, 2.75) is 23.9 Å². The van der Waals surface area contributed by atoms with Crippen molar-refractivity contribution in [3.63, 3.8) is 0 Å². The van der Waals surface area contributed by atoms with Crippen molar-refractivity contribution in [3.05, 3.63) is 82.0 Å². The number of halogens is 3. The second-order valence-electron chi connectivity index (χ2n) is 9.01. The van der Waals surface area contributed by atoms with E-state index in [1.165, 1.54) is 10.6 Å². The number of amides is 1. The van der Waals surface area contributed by atoms with Gasteiger partial charge in [-0.05, 0) is 41.8 Å². The van der Waals surface area contributed by atoms with E-state index < -0.39 is 17.3 Å². The number of fused-ring (bicyclic) bond motifs is 3. The molecule has 6 nitrogen and oxygen atoms in total. The zero-order chi connectivity index (χ0) is 24.0. The van der Waals surface area contributed by atoms with Gasteiger partial charge in [0.2, 0.25) is 5.91 Å². The predicted octanol–water partition coefficient (Wildman–Crippen LogP) is 4.35. The van der Waals surface area contributed by atoms with Crippen molar-refractivity contribution in [1.82, 2.24) is 14.5 Å². The van der Waals surface area contributed by atoms with Crippen molar-refractivity contribution in [3.8, 4) is 11.3 Å². The molecule has 0 radical (unpaired) electrons. The van der Waals surface area contributed by atoms with Gasteiger partial charge in [0.05, 0.1) is 5.41 Å². The van der Waals surface area contributed by atoms with Crippen LogP contribution in [-0.2, 0) is 23.4 Å². The maximum atomic E-state index is 13.3. The second kappa shape index (κ2) is 6.59. The number of nitrogens with zero attached hydrogens (tertiary/aromatic N) is 3. The number of para-hydroxylation sites is 1. The van der Waals surface area contributed by atoms with Crippen LogP contribution in [0.15, 0.2) is 59.7 Å². The maximum Gasteiger partial charge on any atom is 0.433 e. The summed E-state index contributed by atoms with van der Waals surface area (Å²) in [5, 5.41) is 0.616. The van der Waals surface area contributed by atoms with Crippen LogP contribution in [0, 0.1) is 0 Å². The molecule has 2 aliphatic rings. The lowest BCUT2D eigenvalue weighted by Gasteiger charge is -2.12. The molecule has 2 atom stereocenters. The fourth-order valence-electron chi connectivity index (χ4n) is 5.39. The van der Waals surface area contributed by atoms with E-state index in [-0.39, 0.29) is 22.9 Å². The number of aromatic nitrogens is 3. The number of anilines is 1. The highest BCUT2D eigenvalue weighted by atomic mass is 19.4. The molecular formula is C25H19F3N4O2. The van der Waals surface area contributed by atoms with E-state index in [0.29, 0.717) is 23.0 Å². The molecule has 1 aliphatic heterocycles. The van der Waals surface area contributed by atoms with Gasteiger partial charge >= 0.3 is 6.18 Å². The summed E-state index contributed by atoms with van der Waals surface area (Å²) >= 11 is 0. The summed E-state index contributed by atoms with van der Waals surface area (Å²) in [5.41, 5.74) is 1.65. The van der Waals surface area contributed by atoms with Gasteiger partial charge in [-0.25, -0.2) is 0 Å². The molecule has 172 valence electrons. The molecule has 1 aromatic carbocycles. The summed E-state index contributed by atoms with van der Waals surface area (Å²) < 4.78 is 41.0. The molecule has 4 heterocycles. The molecule has 0 saturated heterocycles. The molecule has 4 aromatic rings. The summed E-state index contributed by atoms with van der Waals surface area (Å²) in [6.07, 6.45) is -1.13. The molecule has 34 heavy (non-hydrogen) atoms. The van der Waals surface area contributed by atoms with Crippen LogP contribution >= 0.6 is 0 Å². The van der Waals surface area contributed by atoms with Crippen LogP contribution in [-0.4, -0.2) is 27.5 Å². The molecule has 1 saturated carbocycles. The molecule has 1 N–H and O–H groups in total. The zero-order valence-electron chi connectivity index (χ0n) is 18.3. The normalized spacial score (nSPS) is 21.5. The van der Waals surface area contributed by atoms with Gasteiger partial charge in [-0.1, -0.05) is 18.2 Å². The average Bonchev–Trinajstić information content (AvgIpc) is 3.34. The minimum Gasteiger partial charge on any atom is -0.350 e. The minimum absolute atomic E-state index is 0.0143. The Hall–Kier alpha value is -3.88. The fourth-order valence-corrected chi connectivity index (χ4v) is 5.39. The lowest BCUT2D eigenvalue weighted by Crippen LogP contribution is -2.29. The lowest BCUT2D eigenvalue weighted by molar-refractivity contribution is -0.141. The maximum absolute atomic E-state index is 13.3. The Morgan fingerprint density at radius 3 is 2.65 bits per heavy atom. The van der Waals surface area contributed by atoms with Crippen LogP contribution in [0.5, 0.6) is 0 Å². The SMILES string of the molecule is CN1C(=O)[C@@]2(C[C@H]2c2cn(C)c(=O)c3[nH]c(-c4ccnc(C(F)(F)F)c4)cc23)c2ccccc21. The van der Waals surface area contributed by atoms with Gasteiger partial charge in [-0.3, -0.25) is 14.6 Å². The Labute approximate surface area is 191 Å². The third-order valence-electron chi connectivity index (χ3n) is 7.13. The van der Waals surface area contributed by atoms with Gasteiger partial charge in [0.25, 0.3) is 5.56 Å². The molecule has 9 heteroatoms. The number of benzene rings is 1. The van der Waals surface area contributed by atoms with Crippen molar-refractivity contribution in [1.29, 1.82) is 0 Å². The number of aryl methyl sites for hydroxylation is 1. The number of nitrogens with one attached hydrogen (secondary N) is 1. The first-order valence-corrected chi connectivity index (χ1v) is 10.8. The van der Waals surface area contributed by atoms with Crippen molar-refractivity contribution in [2.75, 3.05) is 11.9 Å². The summed E-state index contributed by atoms with van der Waals surface area (Å²) in [6.45, 7) is 0. The lowest BCUT2D eigenvalue weighted by atomic mass is 9.91. The number of hydrogen-bond acceptors (Lipinski definition) is 3. The topological polar surface area (TPSA) is 71.0 Å². The smallest absolute Gasteiger partial charge is 0.350 e. The number of likely N-dealkylation sites (N-methyl/N-ethyl adjacent to an activating group) is 1. The molecule has 1 amide bonds. The molecule has 3 aromatic heterocycles. The van der Waals surface area contributed by atoms with Crippen molar-refractivity contribution >= 4 is 22.5 Å². The molecular weight excluding hydrogens is 445 g/mol. The molecule has 0 bridgehead atoms. The van der Waals surface area contributed by atoms with Crippen LogP contribution in [0.3, 0.4) is 0 Å². The van der Waals surface area contributed by atoms with Crippen LogP contribution in [0.4, 0.5) is 18.9 Å². The number of hydrogen-bond donors (Lipinski definition) is 1. The Morgan fingerprint density at radius 2 is 1.88 bits per heavy atom. The Morgan fingerprint density at radius 1 is 1.12 bits per heavy atom. The number of H-pyrrole nitrogens is 1. The Kier molecular flexibility index (Phi) is 4.01. The monoisotopic (exact) mass is 464 g/mol. The standard InChI is InChI=1S/C25H19F3N4O2/c1-31-12-15(17-11-24(17)16-5-3-4-6-19(16)32(2)23(24)34)14-10-18(30-21(14)22(31)33)13-7-8-29-20(9-13)25(26,27)28/h3-10,12,17,30H,11H2,1-2H3/t17-,24-/m0/s1. The van der Waals surface area contributed by atoms with E-state index in [2.05, 4.69) is 9.97 Å². The number of aromatic amines is 1. The highest BCUT2D eigenvalue weighted by Gasteiger charge is 2.67. The first-order chi connectivity index (χ1) is 16.1.